The van der Waals surface area contributed by atoms with Crippen molar-refractivity contribution in [2.45, 2.75) is 19.8 Å². The number of hydrogen-bond donors (Lipinski definition) is 2. The highest BCUT2D eigenvalue weighted by Gasteiger charge is 2.18. The van der Waals surface area contributed by atoms with Crippen molar-refractivity contribution >= 4 is 40.8 Å². The van der Waals surface area contributed by atoms with Crippen molar-refractivity contribution in [1.82, 2.24) is 0 Å². The molecule has 2 N–H and O–H groups in total. The minimum Gasteiger partial charge on any atom is -0.477 e. The van der Waals surface area contributed by atoms with E-state index in [2.05, 4.69) is 5.32 Å². The summed E-state index contributed by atoms with van der Waals surface area (Å²) in [6, 6.07) is 7.20. The lowest BCUT2D eigenvalue weighted by molar-refractivity contribution is -0.132. The first-order chi connectivity index (χ1) is 8.84. The van der Waals surface area contributed by atoms with Crippen LogP contribution in [-0.2, 0) is 9.59 Å². The summed E-state index contributed by atoms with van der Waals surface area (Å²) in [6.45, 7) is 3.96. The van der Waals surface area contributed by atoms with Gasteiger partial charge in [-0.05, 0) is 17.5 Å². The van der Waals surface area contributed by atoms with Crippen LogP contribution in [0.4, 0.5) is 5.69 Å². The number of benzene rings is 1. The lowest BCUT2D eigenvalue weighted by atomic mass is 10.0. The van der Waals surface area contributed by atoms with E-state index in [0.29, 0.717) is 5.69 Å². The van der Waals surface area contributed by atoms with Crippen LogP contribution in [0.5, 0.6) is 0 Å². The Hall–Kier alpha value is -1.52. The fraction of sp³-hybridized carbons (Fsp3) is 0.231. The maximum Gasteiger partial charge on any atom is 0.349 e. The summed E-state index contributed by atoms with van der Waals surface area (Å²) in [7, 11) is 0. The van der Waals surface area contributed by atoms with Crippen molar-refractivity contribution in [3.8, 4) is 0 Å². The van der Waals surface area contributed by atoms with Crippen LogP contribution in [0.2, 0.25) is 0 Å². The first kappa shape index (κ1) is 15.5. The quantitative estimate of drug-likeness (QED) is 0.836. The number of nitrogens with one attached hydrogen (secondary N) is 1. The number of para-hydroxylation sites is 1. The zero-order valence-electron chi connectivity index (χ0n) is 10.4. The Balaban J connectivity index is 3.01. The lowest BCUT2D eigenvalue weighted by Gasteiger charge is -2.13. The van der Waals surface area contributed by atoms with E-state index in [1.165, 1.54) is 0 Å². The smallest absolute Gasteiger partial charge is 0.349 e. The van der Waals surface area contributed by atoms with Crippen LogP contribution in [-0.4, -0.2) is 17.0 Å². The predicted molar refractivity (Wildman–Crippen MR) is 75.5 cm³/mol. The topological polar surface area (TPSA) is 66.4 Å². The van der Waals surface area contributed by atoms with Gasteiger partial charge >= 0.3 is 5.97 Å². The zero-order chi connectivity index (χ0) is 14.6. The molecular formula is C13H13Cl2NO3. The van der Waals surface area contributed by atoms with Crippen molar-refractivity contribution < 1.29 is 14.7 Å². The summed E-state index contributed by atoms with van der Waals surface area (Å²) in [5.41, 5.74) is 1.50. The Kier molecular flexibility index (Phi) is 5.39. The maximum atomic E-state index is 11.8. The first-order valence-electron chi connectivity index (χ1n) is 5.53. The van der Waals surface area contributed by atoms with E-state index in [4.69, 9.17) is 28.3 Å². The van der Waals surface area contributed by atoms with E-state index in [0.717, 1.165) is 5.56 Å². The van der Waals surface area contributed by atoms with Crippen LogP contribution in [0.15, 0.2) is 34.3 Å². The molecule has 0 spiro atoms. The van der Waals surface area contributed by atoms with Crippen LogP contribution in [0.1, 0.15) is 25.3 Å². The molecule has 19 heavy (non-hydrogen) atoms. The second-order valence-electron chi connectivity index (χ2n) is 4.13. The molecule has 0 unspecified atom stereocenters. The Morgan fingerprint density at radius 3 is 2.26 bits per heavy atom. The molecule has 0 saturated carbocycles. The standard InChI is InChI=1S/C13H13Cl2NO3/c1-7(2)8-5-3-4-6-9(8)16-12(17)10(14)11(15)13(18)19/h3-7H,1-2H3,(H,16,17)(H,18,19)/b11-10-. The molecule has 0 bridgehead atoms. The highest BCUT2D eigenvalue weighted by Crippen LogP contribution is 2.25. The van der Waals surface area contributed by atoms with E-state index in [1.54, 1.807) is 12.1 Å². The van der Waals surface area contributed by atoms with Gasteiger partial charge in [-0.1, -0.05) is 55.2 Å². The average Bonchev–Trinajstić information content (AvgIpc) is 2.37. The molecule has 0 fully saturated rings. The van der Waals surface area contributed by atoms with Crippen LogP contribution in [0, 0.1) is 0 Å². The molecule has 0 heterocycles. The number of rotatable bonds is 4. The Labute approximate surface area is 121 Å². The summed E-state index contributed by atoms with van der Waals surface area (Å²) < 4.78 is 0. The van der Waals surface area contributed by atoms with Gasteiger partial charge in [0.15, 0.2) is 0 Å². The SMILES string of the molecule is CC(C)c1ccccc1NC(=O)/C(Cl)=C(/Cl)C(=O)O. The van der Waals surface area contributed by atoms with Crippen LogP contribution >= 0.6 is 23.2 Å². The maximum absolute atomic E-state index is 11.8. The minimum atomic E-state index is -1.45. The van der Waals surface area contributed by atoms with Crippen molar-refractivity contribution in [1.29, 1.82) is 0 Å². The number of carbonyl (C=O) groups is 2. The lowest BCUT2D eigenvalue weighted by Crippen LogP contribution is -2.15. The molecule has 0 aromatic heterocycles. The van der Waals surface area contributed by atoms with Gasteiger partial charge in [0.2, 0.25) is 0 Å². The van der Waals surface area contributed by atoms with E-state index < -0.39 is 21.9 Å². The van der Waals surface area contributed by atoms with Crippen molar-refractivity contribution in [2.75, 3.05) is 5.32 Å². The largest absolute Gasteiger partial charge is 0.477 e. The second kappa shape index (κ2) is 6.59. The summed E-state index contributed by atoms with van der Waals surface area (Å²) in [5, 5.41) is 9.95. The predicted octanol–water partition coefficient (Wildman–Crippen LogP) is 3.52. The molecule has 4 nitrogen and oxygen atoms in total. The van der Waals surface area contributed by atoms with Crippen LogP contribution < -0.4 is 5.32 Å². The molecule has 0 atom stereocenters. The third-order valence-electron chi connectivity index (χ3n) is 2.41. The molecule has 0 aliphatic carbocycles. The summed E-state index contributed by atoms with van der Waals surface area (Å²) in [5.74, 6) is -1.99. The molecule has 102 valence electrons. The van der Waals surface area contributed by atoms with Gasteiger partial charge < -0.3 is 10.4 Å². The average molecular weight is 302 g/mol. The fourth-order valence-corrected chi connectivity index (χ4v) is 1.70. The van der Waals surface area contributed by atoms with Gasteiger partial charge in [0.1, 0.15) is 10.1 Å². The van der Waals surface area contributed by atoms with Crippen molar-refractivity contribution in [2.24, 2.45) is 0 Å². The van der Waals surface area contributed by atoms with Gasteiger partial charge in [0, 0.05) is 5.69 Å². The van der Waals surface area contributed by atoms with Crippen LogP contribution in [0.25, 0.3) is 0 Å². The van der Waals surface area contributed by atoms with E-state index in [-0.39, 0.29) is 5.92 Å². The third-order valence-corrected chi connectivity index (χ3v) is 3.22. The van der Waals surface area contributed by atoms with E-state index in [1.807, 2.05) is 26.0 Å². The van der Waals surface area contributed by atoms with E-state index >= 15 is 0 Å². The summed E-state index contributed by atoms with van der Waals surface area (Å²) in [4.78, 5) is 22.4. The molecule has 0 aliphatic rings. The second-order valence-corrected chi connectivity index (χ2v) is 4.89. The number of carboxylic acids is 1. The highest BCUT2D eigenvalue weighted by molar-refractivity contribution is 6.54. The van der Waals surface area contributed by atoms with Gasteiger partial charge in [-0.3, -0.25) is 4.79 Å². The Morgan fingerprint density at radius 2 is 1.74 bits per heavy atom. The molecule has 0 radical (unpaired) electrons. The highest BCUT2D eigenvalue weighted by atomic mass is 35.5. The van der Waals surface area contributed by atoms with Crippen molar-refractivity contribution in [3.05, 3.63) is 39.9 Å². The number of carbonyl (C=O) groups excluding carboxylic acids is 1. The Bertz CT molecular complexity index is 538. The van der Waals surface area contributed by atoms with Gasteiger partial charge in [-0.25, -0.2) is 4.79 Å². The zero-order valence-corrected chi connectivity index (χ0v) is 11.9. The van der Waals surface area contributed by atoms with Crippen molar-refractivity contribution in [3.63, 3.8) is 0 Å². The number of hydrogen-bond acceptors (Lipinski definition) is 2. The molecule has 1 aromatic carbocycles. The molecule has 0 saturated heterocycles. The monoisotopic (exact) mass is 301 g/mol. The molecule has 1 rings (SSSR count). The van der Waals surface area contributed by atoms with Crippen LogP contribution in [0.3, 0.4) is 0 Å². The minimum absolute atomic E-state index is 0.203. The number of halogens is 2. The molecular weight excluding hydrogens is 289 g/mol. The molecule has 6 heteroatoms. The van der Waals surface area contributed by atoms with Gasteiger partial charge in [0.05, 0.1) is 0 Å². The van der Waals surface area contributed by atoms with Gasteiger partial charge in [0.25, 0.3) is 5.91 Å². The number of amides is 1. The molecule has 1 amide bonds. The first-order valence-corrected chi connectivity index (χ1v) is 6.29. The number of aliphatic carboxylic acids is 1. The number of anilines is 1. The normalized spacial score (nSPS) is 12.1. The number of carboxylic acid groups (broad SMARTS) is 1. The summed E-state index contributed by atoms with van der Waals surface area (Å²) in [6.07, 6.45) is 0. The van der Waals surface area contributed by atoms with Gasteiger partial charge in [-0.15, -0.1) is 0 Å². The molecule has 1 aromatic rings. The fourth-order valence-electron chi connectivity index (χ4n) is 1.49. The molecule has 0 aliphatic heterocycles. The Morgan fingerprint density at radius 1 is 1.16 bits per heavy atom. The third kappa shape index (κ3) is 3.98. The van der Waals surface area contributed by atoms with Gasteiger partial charge in [-0.2, -0.15) is 0 Å². The summed E-state index contributed by atoms with van der Waals surface area (Å²) >= 11 is 11.0. The van der Waals surface area contributed by atoms with E-state index in [9.17, 15) is 9.59 Å².